The number of aliphatic carboxylic acids is 1. The van der Waals surface area contributed by atoms with Crippen molar-refractivity contribution in [2.45, 2.75) is 45.1 Å². The highest BCUT2D eigenvalue weighted by Crippen LogP contribution is 2.31. The molecule has 2 amide bonds. The lowest BCUT2D eigenvalue weighted by Gasteiger charge is -2.35. The summed E-state index contributed by atoms with van der Waals surface area (Å²) in [6.07, 6.45) is 4.48. The Morgan fingerprint density at radius 2 is 2.24 bits per heavy atom. The fourth-order valence-electron chi connectivity index (χ4n) is 3.03. The number of amides is 2. The van der Waals surface area contributed by atoms with E-state index in [4.69, 9.17) is 0 Å². The Hall–Kier alpha value is -1.63. The van der Waals surface area contributed by atoms with Crippen LogP contribution in [-0.2, 0) is 17.6 Å². The van der Waals surface area contributed by atoms with E-state index in [1.54, 1.807) is 0 Å². The highest BCUT2D eigenvalue weighted by Gasteiger charge is 2.35. The van der Waals surface area contributed by atoms with Gasteiger partial charge in [0.2, 0.25) is 0 Å². The van der Waals surface area contributed by atoms with E-state index in [2.05, 4.69) is 10.3 Å². The van der Waals surface area contributed by atoms with E-state index < -0.39 is 12.0 Å². The quantitative estimate of drug-likeness (QED) is 0.878. The zero-order valence-corrected chi connectivity index (χ0v) is 12.8. The molecule has 0 saturated carbocycles. The molecule has 6 nitrogen and oxygen atoms in total. The summed E-state index contributed by atoms with van der Waals surface area (Å²) < 4.78 is 0. The number of anilines is 1. The number of carboxylic acid groups (broad SMARTS) is 1. The zero-order chi connectivity index (χ0) is 15.0. The topological polar surface area (TPSA) is 82.5 Å². The number of carboxylic acids is 1. The molecule has 3 rings (SSSR count). The smallest absolute Gasteiger partial charge is 0.326 e. The van der Waals surface area contributed by atoms with Gasteiger partial charge in [-0.3, -0.25) is 5.32 Å². The van der Waals surface area contributed by atoms with E-state index in [0.29, 0.717) is 24.0 Å². The van der Waals surface area contributed by atoms with Crippen molar-refractivity contribution >= 4 is 28.5 Å². The predicted octanol–water partition coefficient (Wildman–Crippen LogP) is 2.35. The summed E-state index contributed by atoms with van der Waals surface area (Å²) in [4.78, 5) is 30.8. The lowest BCUT2D eigenvalue weighted by molar-refractivity contribution is -0.143. The van der Waals surface area contributed by atoms with Crippen molar-refractivity contribution in [2.24, 2.45) is 5.92 Å². The van der Waals surface area contributed by atoms with Crippen molar-refractivity contribution in [3.05, 3.63) is 10.6 Å². The van der Waals surface area contributed by atoms with Gasteiger partial charge in [-0.2, -0.15) is 0 Å². The van der Waals surface area contributed by atoms with Crippen LogP contribution < -0.4 is 5.32 Å². The molecule has 1 aliphatic carbocycles. The number of rotatable bonds is 2. The molecule has 0 spiro atoms. The van der Waals surface area contributed by atoms with E-state index in [-0.39, 0.29) is 6.03 Å². The van der Waals surface area contributed by atoms with Crippen LogP contribution in [0.15, 0.2) is 0 Å². The Morgan fingerprint density at radius 1 is 1.43 bits per heavy atom. The maximum absolute atomic E-state index is 12.3. The molecule has 1 aromatic rings. The second kappa shape index (κ2) is 5.63. The number of nitrogens with zero attached hydrogens (tertiary/aromatic N) is 2. The molecule has 7 heteroatoms. The van der Waals surface area contributed by atoms with Crippen LogP contribution in [0.2, 0.25) is 0 Å². The molecule has 1 aromatic heterocycles. The lowest BCUT2D eigenvalue weighted by Crippen LogP contribution is -2.51. The average Bonchev–Trinajstić information content (AvgIpc) is 2.99. The zero-order valence-electron chi connectivity index (χ0n) is 12.0. The van der Waals surface area contributed by atoms with Crippen molar-refractivity contribution in [3.8, 4) is 0 Å². The summed E-state index contributed by atoms with van der Waals surface area (Å²) >= 11 is 1.51. The molecule has 2 aliphatic rings. The van der Waals surface area contributed by atoms with Crippen LogP contribution in [0.3, 0.4) is 0 Å². The van der Waals surface area contributed by atoms with E-state index >= 15 is 0 Å². The predicted molar refractivity (Wildman–Crippen MR) is 79.7 cm³/mol. The Bertz CT molecular complexity index is 550. The number of aryl methyl sites for hydroxylation is 2. The van der Waals surface area contributed by atoms with Crippen LogP contribution in [0.25, 0.3) is 0 Å². The number of thiazole rings is 1. The SMILES string of the molecule is CC1CCN(C(=O)Nc2nc3c(s2)CCC3)C(C(=O)O)C1. The largest absolute Gasteiger partial charge is 0.480 e. The summed E-state index contributed by atoms with van der Waals surface area (Å²) in [6, 6.07) is -1.08. The molecule has 2 N–H and O–H groups in total. The average molecular weight is 309 g/mol. The molecule has 1 aliphatic heterocycles. The van der Waals surface area contributed by atoms with Crippen molar-refractivity contribution in [1.29, 1.82) is 0 Å². The molecule has 1 saturated heterocycles. The second-order valence-corrected chi connectivity index (χ2v) is 6.93. The number of carbonyl (C=O) groups excluding carboxylic acids is 1. The lowest BCUT2D eigenvalue weighted by atomic mass is 9.93. The summed E-state index contributed by atoms with van der Waals surface area (Å²) in [5, 5.41) is 12.7. The monoisotopic (exact) mass is 309 g/mol. The minimum absolute atomic E-state index is 0.332. The molecule has 2 unspecified atom stereocenters. The van der Waals surface area contributed by atoms with Gasteiger partial charge in [-0.15, -0.1) is 11.3 Å². The van der Waals surface area contributed by atoms with Crippen molar-refractivity contribution in [1.82, 2.24) is 9.88 Å². The summed E-state index contributed by atoms with van der Waals surface area (Å²) in [7, 11) is 0. The van der Waals surface area contributed by atoms with Gasteiger partial charge in [0.05, 0.1) is 5.69 Å². The molecule has 21 heavy (non-hydrogen) atoms. The van der Waals surface area contributed by atoms with Gasteiger partial charge in [0.1, 0.15) is 6.04 Å². The van der Waals surface area contributed by atoms with Crippen LogP contribution in [0, 0.1) is 5.92 Å². The third-order valence-electron chi connectivity index (χ3n) is 4.22. The summed E-state index contributed by atoms with van der Waals surface area (Å²) in [6.45, 7) is 2.51. The molecule has 0 bridgehead atoms. The Morgan fingerprint density at radius 3 is 2.95 bits per heavy atom. The molecule has 114 valence electrons. The van der Waals surface area contributed by atoms with E-state index in [1.807, 2.05) is 6.92 Å². The number of hydrogen-bond acceptors (Lipinski definition) is 4. The van der Waals surface area contributed by atoms with E-state index in [1.165, 1.54) is 21.1 Å². The number of likely N-dealkylation sites (tertiary alicyclic amines) is 1. The molecule has 2 heterocycles. The van der Waals surface area contributed by atoms with Gasteiger partial charge in [-0.05, 0) is 38.0 Å². The third kappa shape index (κ3) is 2.88. The second-order valence-electron chi connectivity index (χ2n) is 5.85. The van der Waals surface area contributed by atoms with Gasteiger partial charge in [-0.1, -0.05) is 6.92 Å². The van der Waals surface area contributed by atoms with Crippen molar-refractivity contribution in [3.63, 3.8) is 0 Å². The van der Waals surface area contributed by atoms with Crippen molar-refractivity contribution < 1.29 is 14.7 Å². The first-order chi connectivity index (χ1) is 10.0. The molecular formula is C14H19N3O3S. The standard InChI is InChI=1S/C14H19N3O3S/c1-8-5-6-17(10(7-8)12(18)19)14(20)16-13-15-9-3-2-4-11(9)21-13/h8,10H,2-7H2,1H3,(H,18,19)(H,15,16,20). The van der Waals surface area contributed by atoms with Crippen LogP contribution in [0.4, 0.5) is 9.93 Å². The molecular weight excluding hydrogens is 290 g/mol. The van der Waals surface area contributed by atoms with E-state index in [9.17, 15) is 14.7 Å². The Balaban J connectivity index is 1.69. The fraction of sp³-hybridized carbons (Fsp3) is 0.643. The first kappa shape index (κ1) is 14.3. The first-order valence-electron chi connectivity index (χ1n) is 7.33. The number of nitrogens with one attached hydrogen (secondary N) is 1. The van der Waals surface area contributed by atoms with Crippen LogP contribution in [0.5, 0.6) is 0 Å². The summed E-state index contributed by atoms with van der Waals surface area (Å²) in [5.74, 6) is -0.600. The molecule has 0 radical (unpaired) electrons. The number of piperidine rings is 1. The highest BCUT2D eigenvalue weighted by atomic mass is 32.1. The van der Waals surface area contributed by atoms with Crippen LogP contribution in [-0.4, -0.2) is 39.6 Å². The minimum atomic E-state index is -0.932. The van der Waals surface area contributed by atoms with E-state index in [0.717, 1.165) is 31.4 Å². The number of fused-ring (bicyclic) bond motifs is 1. The van der Waals surface area contributed by atoms with Crippen molar-refractivity contribution in [2.75, 3.05) is 11.9 Å². The number of aromatic nitrogens is 1. The summed E-state index contributed by atoms with van der Waals surface area (Å²) in [5.41, 5.74) is 1.08. The Labute approximate surface area is 127 Å². The highest BCUT2D eigenvalue weighted by molar-refractivity contribution is 7.15. The number of hydrogen-bond donors (Lipinski definition) is 2. The molecule has 1 fully saturated rings. The molecule has 2 atom stereocenters. The van der Waals surface area contributed by atoms with Gasteiger partial charge in [0.15, 0.2) is 5.13 Å². The Kier molecular flexibility index (Phi) is 3.84. The van der Waals surface area contributed by atoms with Gasteiger partial charge in [-0.25, -0.2) is 14.6 Å². The maximum Gasteiger partial charge on any atom is 0.326 e. The van der Waals surface area contributed by atoms with Gasteiger partial charge >= 0.3 is 12.0 Å². The first-order valence-corrected chi connectivity index (χ1v) is 8.15. The van der Waals surface area contributed by atoms with Gasteiger partial charge in [0.25, 0.3) is 0 Å². The van der Waals surface area contributed by atoms with Crippen LogP contribution >= 0.6 is 11.3 Å². The normalized spacial score (nSPS) is 24.7. The minimum Gasteiger partial charge on any atom is -0.480 e. The van der Waals surface area contributed by atoms with Crippen LogP contribution in [0.1, 0.15) is 36.8 Å². The fourth-order valence-corrected chi connectivity index (χ4v) is 4.07. The van der Waals surface area contributed by atoms with Gasteiger partial charge < -0.3 is 10.0 Å². The number of carbonyl (C=O) groups is 2. The third-order valence-corrected chi connectivity index (χ3v) is 5.29. The number of urea groups is 1. The molecule has 0 aromatic carbocycles. The maximum atomic E-state index is 12.3. The van der Waals surface area contributed by atoms with Gasteiger partial charge in [0, 0.05) is 11.4 Å².